The third-order valence-corrected chi connectivity index (χ3v) is 5.38. The van der Waals surface area contributed by atoms with E-state index in [1.807, 2.05) is 35.9 Å². The maximum atomic E-state index is 13.1. The van der Waals surface area contributed by atoms with Crippen LogP contribution in [0.3, 0.4) is 0 Å². The summed E-state index contributed by atoms with van der Waals surface area (Å²) in [6.07, 6.45) is 2.81. The molecule has 0 radical (unpaired) electrons. The van der Waals surface area contributed by atoms with Gasteiger partial charge in [-0.15, -0.1) is 0 Å². The number of nitrogens with zero attached hydrogens (tertiary/aromatic N) is 3. The second-order valence-corrected chi connectivity index (χ2v) is 7.54. The van der Waals surface area contributed by atoms with Gasteiger partial charge in [-0.2, -0.15) is 5.10 Å². The number of fused-ring (bicyclic) bond motifs is 1. The Morgan fingerprint density at radius 2 is 1.76 bits per heavy atom. The number of hydrogen-bond acceptors (Lipinski definition) is 3. The first-order valence-electron chi connectivity index (χ1n) is 9.69. The molecule has 1 aromatic heterocycles. The van der Waals surface area contributed by atoms with E-state index < -0.39 is 5.97 Å². The highest BCUT2D eigenvalue weighted by molar-refractivity contribution is 5.94. The van der Waals surface area contributed by atoms with Gasteiger partial charge in [-0.25, -0.2) is 9.48 Å². The van der Waals surface area contributed by atoms with Crippen molar-refractivity contribution in [2.24, 2.45) is 0 Å². The van der Waals surface area contributed by atoms with Gasteiger partial charge in [0.1, 0.15) is 0 Å². The quantitative estimate of drug-likeness (QED) is 0.723. The summed E-state index contributed by atoms with van der Waals surface area (Å²) in [6.45, 7) is 2.44. The topological polar surface area (TPSA) is 75.4 Å². The van der Waals surface area contributed by atoms with Crippen LogP contribution < -0.4 is 0 Å². The van der Waals surface area contributed by atoms with Crippen molar-refractivity contribution in [3.8, 4) is 5.69 Å². The molecular weight excluding hydrogens is 366 g/mol. The molecule has 0 fully saturated rings. The van der Waals surface area contributed by atoms with Crippen molar-refractivity contribution < 1.29 is 14.7 Å². The molecule has 148 valence electrons. The minimum atomic E-state index is -0.960. The number of carbonyl (C=O) groups is 2. The molecule has 1 N–H and O–H groups in total. The molecule has 0 bridgehead atoms. The lowest BCUT2D eigenvalue weighted by molar-refractivity contribution is 0.0695. The van der Waals surface area contributed by atoms with Gasteiger partial charge in [0.2, 0.25) is 0 Å². The fourth-order valence-corrected chi connectivity index (χ4v) is 3.79. The van der Waals surface area contributed by atoms with Crippen LogP contribution in [0.25, 0.3) is 5.69 Å². The standard InChI is InChI=1S/C23H23N3O3/c1-15-6-12-18(13-7-15)26-20-5-3-4-19(20)21(24-26)22(27)25(2)14-16-8-10-17(11-9-16)23(28)29/h6-13H,3-5,14H2,1-2H3,(H,28,29). The first-order valence-corrected chi connectivity index (χ1v) is 9.69. The number of carboxylic acid groups (broad SMARTS) is 1. The minimum absolute atomic E-state index is 0.115. The van der Waals surface area contributed by atoms with Crippen molar-refractivity contribution >= 4 is 11.9 Å². The van der Waals surface area contributed by atoms with Gasteiger partial charge in [0, 0.05) is 24.8 Å². The van der Waals surface area contributed by atoms with Crippen molar-refractivity contribution in [2.45, 2.75) is 32.7 Å². The Kier molecular flexibility index (Phi) is 4.92. The third kappa shape index (κ3) is 3.66. The molecule has 0 spiro atoms. The molecule has 3 aromatic rings. The Hall–Kier alpha value is -3.41. The van der Waals surface area contributed by atoms with Crippen LogP contribution in [0, 0.1) is 6.92 Å². The van der Waals surface area contributed by atoms with Crippen molar-refractivity contribution in [3.63, 3.8) is 0 Å². The van der Waals surface area contributed by atoms with Gasteiger partial charge in [0.05, 0.1) is 11.3 Å². The highest BCUT2D eigenvalue weighted by Gasteiger charge is 2.28. The second-order valence-electron chi connectivity index (χ2n) is 7.54. The highest BCUT2D eigenvalue weighted by Crippen LogP contribution is 2.28. The summed E-state index contributed by atoms with van der Waals surface area (Å²) in [7, 11) is 1.75. The lowest BCUT2D eigenvalue weighted by Crippen LogP contribution is -2.27. The number of amides is 1. The van der Waals surface area contributed by atoms with Gasteiger partial charge >= 0.3 is 5.97 Å². The van der Waals surface area contributed by atoms with Crippen LogP contribution in [0.5, 0.6) is 0 Å². The van der Waals surface area contributed by atoms with E-state index in [1.165, 1.54) is 5.56 Å². The van der Waals surface area contributed by atoms with Crippen LogP contribution in [0.2, 0.25) is 0 Å². The highest BCUT2D eigenvalue weighted by atomic mass is 16.4. The zero-order valence-electron chi connectivity index (χ0n) is 16.6. The molecule has 1 heterocycles. The Labute approximate surface area is 169 Å². The number of rotatable bonds is 5. The number of carbonyl (C=O) groups excluding carboxylic acids is 1. The van der Waals surface area contributed by atoms with Crippen LogP contribution in [0.1, 0.15) is 49.7 Å². The molecule has 0 aliphatic heterocycles. The van der Waals surface area contributed by atoms with E-state index in [-0.39, 0.29) is 11.5 Å². The molecule has 6 nitrogen and oxygen atoms in total. The SMILES string of the molecule is Cc1ccc(-n2nc(C(=O)N(C)Cc3ccc(C(=O)O)cc3)c3c2CCC3)cc1. The molecular formula is C23H23N3O3. The molecule has 1 aliphatic rings. The Balaban J connectivity index is 1.59. The molecule has 4 rings (SSSR count). The van der Waals surface area contributed by atoms with Gasteiger partial charge in [0.15, 0.2) is 5.69 Å². The van der Waals surface area contributed by atoms with E-state index in [0.29, 0.717) is 12.2 Å². The minimum Gasteiger partial charge on any atom is -0.478 e. The lowest BCUT2D eigenvalue weighted by atomic mass is 10.1. The van der Waals surface area contributed by atoms with Crippen molar-refractivity contribution in [1.29, 1.82) is 0 Å². The zero-order valence-corrected chi connectivity index (χ0v) is 16.6. The summed E-state index contributed by atoms with van der Waals surface area (Å²) in [6, 6.07) is 14.7. The van der Waals surface area contributed by atoms with E-state index in [1.54, 1.807) is 36.2 Å². The third-order valence-electron chi connectivity index (χ3n) is 5.38. The van der Waals surface area contributed by atoms with Gasteiger partial charge in [-0.3, -0.25) is 4.79 Å². The Bertz CT molecular complexity index is 1070. The van der Waals surface area contributed by atoms with Gasteiger partial charge in [-0.05, 0) is 56.0 Å². The van der Waals surface area contributed by atoms with Gasteiger partial charge in [-0.1, -0.05) is 29.8 Å². The maximum Gasteiger partial charge on any atom is 0.335 e. The first-order chi connectivity index (χ1) is 13.9. The van der Waals surface area contributed by atoms with Crippen LogP contribution in [-0.4, -0.2) is 38.7 Å². The van der Waals surface area contributed by atoms with Crippen LogP contribution in [0.4, 0.5) is 0 Å². The molecule has 29 heavy (non-hydrogen) atoms. The first kappa shape index (κ1) is 18.9. The summed E-state index contributed by atoms with van der Waals surface area (Å²) < 4.78 is 1.91. The molecule has 2 aromatic carbocycles. The fourth-order valence-electron chi connectivity index (χ4n) is 3.79. The van der Waals surface area contributed by atoms with Crippen molar-refractivity contribution in [2.75, 3.05) is 7.05 Å². The summed E-state index contributed by atoms with van der Waals surface area (Å²) >= 11 is 0. The summed E-state index contributed by atoms with van der Waals surface area (Å²) in [5.41, 5.74) is 5.95. The molecule has 0 saturated heterocycles. The number of aromatic nitrogens is 2. The number of aryl methyl sites for hydroxylation is 1. The predicted molar refractivity (Wildman–Crippen MR) is 110 cm³/mol. The smallest absolute Gasteiger partial charge is 0.335 e. The average molecular weight is 389 g/mol. The zero-order chi connectivity index (χ0) is 20.5. The summed E-state index contributed by atoms with van der Waals surface area (Å²) in [4.78, 5) is 25.8. The lowest BCUT2D eigenvalue weighted by Gasteiger charge is -2.17. The molecule has 0 saturated carbocycles. The van der Waals surface area contributed by atoms with Crippen molar-refractivity contribution in [3.05, 3.63) is 82.2 Å². The van der Waals surface area contributed by atoms with E-state index in [4.69, 9.17) is 5.11 Å². The monoisotopic (exact) mass is 389 g/mol. The summed E-state index contributed by atoms with van der Waals surface area (Å²) in [5, 5.41) is 13.7. The molecule has 6 heteroatoms. The molecule has 1 amide bonds. The molecule has 0 atom stereocenters. The number of hydrogen-bond donors (Lipinski definition) is 1. The molecule has 0 unspecified atom stereocenters. The van der Waals surface area contributed by atoms with Crippen LogP contribution in [-0.2, 0) is 19.4 Å². The fraction of sp³-hybridized carbons (Fsp3) is 0.261. The van der Waals surface area contributed by atoms with E-state index in [0.717, 1.165) is 41.8 Å². The Morgan fingerprint density at radius 3 is 2.41 bits per heavy atom. The molecule has 1 aliphatic carbocycles. The number of benzene rings is 2. The second kappa shape index (κ2) is 7.54. The van der Waals surface area contributed by atoms with E-state index in [9.17, 15) is 9.59 Å². The van der Waals surface area contributed by atoms with Gasteiger partial charge < -0.3 is 10.0 Å². The Morgan fingerprint density at radius 1 is 1.07 bits per heavy atom. The largest absolute Gasteiger partial charge is 0.478 e. The van der Waals surface area contributed by atoms with Crippen molar-refractivity contribution in [1.82, 2.24) is 14.7 Å². The van der Waals surface area contributed by atoms with Gasteiger partial charge in [0.25, 0.3) is 5.91 Å². The number of carboxylic acids is 1. The van der Waals surface area contributed by atoms with Crippen LogP contribution >= 0.6 is 0 Å². The predicted octanol–water partition coefficient (Wildman–Crippen LogP) is 3.64. The van der Waals surface area contributed by atoms with E-state index in [2.05, 4.69) is 5.10 Å². The maximum absolute atomic E-state index is 13.1. The van der Waals surface area contributed by atoms with Crippen LogP contribution in [0.15, 0.2) is 48.5 Å². The van der Waals surface area contributed by atoms with E-state index >= 15 is 0 Å². The number of aromatic carboxylic acids is 1. The summed E-state index contributed by atoms with van der Waals surface area (Å²) in [5.74, 6) is -1.07. The normalized spacial score (nSPS) is 12.6. The average Bonchev–Trinajstić information content (AvgIpc) is 3.31.